The Morgan fingerprint density at radius 1 is 1.47 bits per heavy atom. The van der Waals surface area contributed by atoms with Crippen LogP contribution in [0.25, 0.3) is 11.1 Å². The molecule has 1 aromatic heterocycles. The van der Waals surface area contributed by atoms with Crippen LogP contribution in [0.2, 0.25) is 0 Å². The third-order valence-corrected chi connectivity index (χ3v) is 3.47. The molecule has 3 rings (SSSR count). The molecule has 0 amide bonds. The maximum atomic E-state index is 5.58. The van der Waals surface area contributed by atoms with Crippen LogP contribution in [0.15, 0.2) is 22.6 Å². The van der Waals surface area contributed by atoms with Crippen molar-refractivity contribution in [1.82, 2.24) is 15.6 Å². The average Bonchev–Trinajstić information content (AvgIpc) is 2.61. The van der Waals surface area contributed by atoms with Crippen molar-refractivity contribution >= 4 is 11.1 Å². The van der Waals surface area contributed by atoms with Gasteiger partial charge in [-0.3, -0.25) is 0 Å². The SMILES string of the molecule is CNC(c1ccc2nc(C)oc2c1)C1CNC1. The summed E-state index contributed by atoms with van der Waals surface area (Å²) in [6.45, 7) is 4.04. The maximum Gasteiger partial charge on any atom is 0.192 e. The monoisotopic (exact) mass is 231 g/mol. The normalized spacial score (nSPS) is 18.2. The molecule has 1 saturated heterocycles. The Morgan fingerprint density at radius 3 is 2.94 bits per heavy atom. The van der Waals surface area contributed by atoms with Crippen LogP contribution < -0.4 is 10.6 Å². The van der Waals surface area contributed by atoms with Crippen LogP contribution in [-0.4, -0.2) is 25.1 Å². The number of nitrogens with zero attached hydrogens (tertiary/aromatic N) is 1. The van der Waals surface area contributed by atoms with E-state index in [2.05, 4.69) is 27.8 Å². The molecular formula is C13H17N3O. The summed E-state index contributed by atoms with van der Waals surface area (Å²) in [5.41, 5.74) is 3.10. The van der Waals surface area contributed by atoms with E-state index < -0.39 is 0 Å². The molecule has 1 aromatic carbocycles. The van der Waals surface area contributed by atoms with Crippen LogP contribution in [0.5, 0.6) is 0 Å². The van der Waals surface area contributed by atoms with Gasteiger partial charge in [0.2, 0.25) is 0 Å². The van der Waals surface area contributed by atoms with Gasteiger partial charge in [-0.2, -0.15) is 0 Å². The molecular weight excluding hydrogens is 214 g/mol. The largest absolute Gasteiger partial charge is 0.441 e. The number of aryl methyl sites for hydroxylation is 1. The standard InChI is InChI=1S/C13H17N3O/c1-8-16-11-4-3-9(5-12(11)17-8)13(14-2)10-6-15-7-10/h3-5,10,13-15H,6-7H2,1-2H3. The van der Waals surface area contributed by atoms with Crippen LogP contribution in [0.3, 0.4) is 0 Å². The molecule has 1 aliphatic rings. The van der Waals surface area contributed by atoms with Crippen molar-refractivity contribution in [3.63, 3.8) is 0 Å². The minimum Gasteiger partial charge on any atom is -0.441 e. The topological polar surface area (TPSA) is 50.1 Å². The fraction of sp³-hybridized carbons (Fsp3) is 0.462. The van der Waals surface area contributed by atoms with E-state index >= 15 is 0 Å². The molecule has 4 nitrogen and oxygen atoms in total. The van der Waals surface area contributed by atoms with E-state index in [4.69, 9.17) is 4.42 Å². The zero-order chi connectivity index (χ0) is 11.8. The molecule has 17 heavy (non-hydrogen) atoms. The minimum absolute atomic E-state index is 0.394. The number of fused-ring (bicyclic) bond motifs is 1. The highest BCUT2D eigenvalue weighted by atomic mass is 16.3. The molecule has 90 valence electrons. The van der Waals surface area contributed by atoms with Crippen molar-refractivity contribution in [2.75, 3.05) is 20.1 Å². The summed E-state index contributed by atoms with van der Waals surface area (Å²) in [5.74, 6) is 1.39. The first-order valence-electron chi connectivity index (χ1n) is 6.03. The Morgan fingerprint density at radius 2 is 2.29 bits per heavy atom. The maximum absolute atomic E-state index is 5.58. The molecule has 0 bridgehead atoms. The first-order chi connectivity index (χ1) is 8.28. The van der Waals surface area contributed by atoms with Gasteiger partial charge in [-0.05, 0) is 24.7 Å². The van der Waals surface area contributed by atoms with E-state index in [-0.39, 0.29) is 0 Å². The summed E-state index contributed by atoms with van der Waals surface area (Å²) in [6, 6.07) is 6.68. The third kappa shape index (κ3) is 1.83. The smallest absolute Gasteiger partial charge is 0.192 e. The molecule has 0 saturated carbocycles. The number of hydrogen-bond acceptors (Lipinski definition) is 4. The molecule has 1 unspecified atom stereocenters. The second kappa shape index (κ2) is 4.13. The molecule has 1 aliphatic heterocycles. The Bertz CT molecular complexity index is 530. The van der Waals surface area contributed by atoms with E-state index in [1.165, 1.54) is 5.56 Å². The lowest BCUT2D eigenvalue weighted by molar-refractivity contribution is 0.268. The van der Waals surface area contributed by atoms with Gasteiger partial charge < -0.3 is 15.1 Å². The summed E-state index contributed by atoms with van der Waals surface area (Å²) in [5, 5.41) is 6.70. The van der Waals surface area contributed by atoms with Crippen LogP contribution >= 0.6 is 0 Å². The second-order valence-electron chi connectivity index (χ2n) is 4.64. The van der Waals surface area contributed by atoms with Gasteiger partial charge in [-0.15, -0.1) is 0 Å². The Kier molecular flexibility index (Phi) is 2.61. The number of nitrogens with one attached hydrogen (secondary N) is 2. The van der Waals surface area contributed by atoms with Gasteiger partial charge >= 0.3 is 0 Å². The van der Waals surface area contributed by atoms with Crippen LogP contribution in [0.1, 0.15) is 17.5 Å². The number of benzene rings is 1. The van der Waals surface area contributed by atoms with Gasteiger partial charge in [0, 0.05) is 32.0 Å². The predicted molar refractivity (Wildman–Crippen MR) is 66.9 cm³/mol. The van der Waals surface area contributed by atoms with E-state index in [1.807, 2.05) is 20.0 Å². The molecule has 2 aromatic rings. The molecule has 0 radical (unpaired) electrons. The van der Waals surface area contributed by atoms with Gasteiger partial charge in [0.1, 0.15) is 5.52 Å². The van der Waals surface area contributed by atoms with E-state index in [0.29, 0.717) is 12.0 Å². The summed E-state index contributed by atoms with van der Waals surface area (Å²) < 4.78 is 5.58. The minimum atomic E-state index is 0.394. The first-order valence-corrected chi connectivity index (χ1v) is 6.03. The summed E-state index contributed by atoms with van der Waals surface area (Å²) >= 11 is 0. The van der Waals surface area contributed by atoms with Gasteiger partial charge in [-0.25, -0.2) is 4.98 Å². The van der Waals surface area contributed by atoms with Crippen molar-refractivity contribution in [3.8, 4) is 0 Å². The Hall–Kier alpha value is -1.39. The van der Waals surface area contributed by atoms with Crippen molar-refractivity contribution < 1.29 is 4.42 Å². The first kappa shape index (κ1) is 10.7. The van der Waals surface area contributed by atoms with E-state index in [1.54, 1.807) is 0 Å². The molecule has 0 aliphatic carbocycles. The third-order valence-electron chi connectivity index (χ3n) is 3.47. The lowest BCUT2D eigenvalue weighted by atomic mass is 9.88. The molecule has 0 spiro atoms. The van der Waals surface area contributed by atoms with Crippen molar-refractivity contribution in [2.24, 2.45) is 5.92 Å². The fourth-order valence-electron chi connectivity index (χ4n) is 2.47. The Balaban J connectivity index is 1.97. The van der Waals surface area contributed by atoms with E-state index in [0.717, 1.165) is 30.1 Å². The highest BCUT2D eigenvalue weighted by Gasteiger charge is 2.27. The highest BCUT2D eigenvalue weighted by molar-refractivity contribution is 5.73. The zero-order valence-corrected chi connectivity index (χ0v) is 10.2. The summed E-state index contributed by atoms with van der Waals surface area (Å²) in [6.07, 6.45) is 0. The van der Waals surface area contributed by atoms with Gasteiger partial charge in [-0.1, -0.05) is 6.07 Å². The number of rotatable bonds is 3. The molecule has 1 fully saturated rings. The molecule has 4 heteroatoms. The van der Waals surface area contributed by atoms with Crippen LogP contribution in [0, 0.1) is 12.8 Å². The number of hydrogen-bond donors (Lipinski definition) is 2. The van der Waals surface area contributed by atoms with Crippen LogP contribution in [0.4, 0.5) is 0 Å². The van der Waals surface area contributed by atoms with Crippen molar-refractivity contribution in [2.45, 2.75) is 13.0 Å². The van der Waals surface area contributed by atoms with Crippen LogP contribution in [-0.2, 0) is 0 Å². The van der Waals surface area contributed by atoms with Crippen molar-refractivity contribution in [3.05, 3.63) is 29.7 Å². The second-order valence-corrected chi connectivity index (χ2v) is 4.64. The zero-order valence-electron chi connectivity index (χ0n) is 10.2. The van der Waals surface area contributed by atoms with Gasteiger partial charge in [0.25, 0.3) is 0 Å². The average molecular weight is 231 g/mol. The van der Waals surface area contributed by atoms with Gasteiger partial charge in [0.05, 0.1) is 0 Å². The summed E-state index contributed by atoms with van der Waals surface area (Å²) in [4.78, 5) is 4.32. The van der Waals surface area contributed by atoms with Crippen molar-refractivity contribution in [1.29, 1.82) is 0 Å². The predicted octanol–water partition coefficient (Wildman–Crippen LogP) is 1.62. The fourth-order valence-corrected chi connectivity index (χ4v) is 2.47. The van der Waals surface area contributed by atoms with E-state index in [9.17, 15) is 0 Å². The number of aromatic nitrogens is 1. The van der Waals surface area contributed by atoms with Gasteiger partial charge in [0.15, 0.2) is 11.5 Å². The molecule has 2 heterocycles. The summed E-state index contributed by atoms with van der Waals surface area (Å²) in [7, 11) is 2.01. The molecule has 1 atom stereocenters. The highest BCUT2D eigenvalue weighted by Crippen LogP contribution is 2.27. The lowest BCUT2D eigenvalue weighted by Gasteiger charge is -2.34. The number of oxazole rings is 1. The Labute approximate surface area is 100 Å². The molecule has 2 N–H and O–H groups in total. The lowest BCUT2D eigenvalue weighted by Crippen LogP contribution is -2.48. The quantitative estimate of drug-likeness (QED) is 0.842.